The lowest BCUT2D eigenvalue weighted by Crippen LogP contribution is -2.51. The van der Waals surface area contributed by atoms with Crippen LogP contribution in [0.5, 0.6) is 5.75 Å². The van der Waals surface area contributed by atoms with Gasteiger partial charge in [-0.05, 0) is 44.4 Å². The van der Waals surface area contributed by atoms with Crippen molar-refractivity contribution in [2.24, 2.45) is 7.05 Å². The van der Waals surface area contributed by atoms with Crippen LogP contribution in [0, 0.1) is 11.3 Å². The highest BCUT2D eigenvalue weighted by molar-refractivity contribution is 5.88. The van der Waals surface area contributed by atoms with Crippen LogP contribution < -0.4 is 15.2 Å². The lowest BCUT2D eigenvalue weighted by molar-refractivity contribution is -0.137. The maximum absolute atomic E-state index is 13.2. The number of piperidine rings is 1. The van der Waals surface area contributed by atoms with Crippen molar-refractivity contribution in [1.29, 1.82) is 5.26 Å². The molecule has 1 aromatic carbocycles. The number of nitrogens with zero attached hydrogens (tertiary/aromatic N) is 5. The Morgan fingerprint density at radius 3 is 2.68 bits per heavy atom. The zero-order valence-corrected chi connectivity index (χ0v) is 20.8. The summed E-state index contributed by atoms with van der Waals surface area (Å²) in [6, 6.07) is 11.6. The molecule has 1 aliphatic rings. The molecular weight excluding hydrogens is 487 g/mol. The molecule has 37 heavy (non-hydrogen) atoms. The number of hydrogen-bond acceptors (Lipinski definition) is 7. The van der Waals surface area contributed by atoms with Crippen LogP contribution in [0.3, 0.4) is 0 Å². The Morgan fingerprint density at radius 2 is 1.97 bits per heavy atom. The predicted octanol–water partition coefficient (Wildman–Crippen LogP) is 3.43. The van der Waals surface area contributed by atoms with E-state index in [9.17, 15) is 23.2 Å². The number of alkyl halides is 3. The monoisotopic (exact) mass is 515 g/mol. The first-order chi connectivity index (χ1) is 17.6. The second kappa shape index (κ2) is 10.8. The van der Waals surface area contributed by atoms with Crippen molar-refractivity contribution in [3.8, 4) is 11.8 Å². The van der Waals surface area contributed by atoms with E-state index in [0.717, 1.165) is 12.1 Å². The number of halogens is 3. The molecule has 3 aromatic rings. The molecule has 0 amide bonds. The lowest BCUT2D eigenvalue weighted by atomic mass is 10.0. The van der Waals surface area contributed by atoms with Gasteiger partial charge in [0.05, 0.1) is 23.4 Å². The van der Waals surface area contributed by atoms with Crippen molar-refractivity contribution in [2.45, 2.75) is 24.8 Å². The summed E-state index contributed by atoms with van der Waals surface area (Å²) in [6.45, 7) is 1.83. The molecule has 0 radical (unpaired) electrons. The largest absolute Gasteiger partial charge is 0.488 e. The molecule has 3 heterocycles. The molecule has 0 spiro atoms. The number of rotatable bonds is 7. The second-order valence-electron chi connectivity index (χ2n) is 9.23. The topological polar surface area (TPSA) is 83.6 Å². The Kier molecular flexibility index (Phi) is 7.71. The maximum Gasteiger partial charge on any atom is 0.416 e. The third kappa shape index (κ3) is 6.03. The quantitative estimate of drug-likeness (QED) is 0.477. The van der Waals surface area contributed by atoms with Crippen LogP contribution in [-0.4, -0.2) is 67.0 Å². The highest BCUT2D eigenvalue weighted by atomic mass is 19.4. The van der Waals surface area contributed by atoms with E-state index >= 15 is 0 Å². The third-order valence-corrected chi connectivity index (χ3v) is 6.34. The van der Waals surface area contributed by atoms with Crippen LogP contribution in [0.1, 0.15) is 17.7 Å². The number of anilines is 1. The van der Waals surface area contributed by atoms with Gasteiger partial charge in [-0.1, -0.05) is 6.07 Å². The Balaban J connectivity index is 1.64. The first kappa shape index (κ1) is 26.4. The Labute approximate surface area is 212 Å². The predicted molar refractivity (Wildman–Crippen MR) is 133 cm³/mol. The maximum atomic E-state index is 13.2. The summed E-state index contributed by atoms with van der Waals surface area (Å²) in [5.41, 5.74) is 0.919. The van der Waals surface area contributed by atoms with E-state index < -0.39 is 23.9 Å². The third-order valence-electron chi connectivity index (χ3n) is 6.34. The summed E-state index contributed by atoms with van der Waals surface area (Å²) in [5.74, 6) is 0.119. The van der Waals surface area contributed by atoms with Gasteiger partial charge in [-0.15, -0.1) is 0 Å². The molecule has 196 valence electrons. The van der Waals surface area contributed by atoms with Gasteiger partial charge in [-0.25, -0.2) is 4.98 Å². The highest BCUT2D eigenvalue weighted by Crippen LogP contribution is 2.33. The van der Waals surface area contributed by atoms with Crippen LogP contribution >= 0.6 is 0 Å². The summed E-state index contributed by atoms with van der Waals surface area (Å²) in [5, 5.41) is 9.35. The summed E-state index contributed by atoms with van der Waals surface area (Å²) in [4.78, 5) is 21.1. The summed E-state index contributed by atoms with van der Waals surface area (Å²) in [7, 11) is 5.47. The minimum Gasteiger partial charge on any atom is -0.488 e. The first-order valence-corrected chi connectivity index (χ1v) is 11.8. The van der Waals surface area contributed by atoms with E-state index in [-0.39, 0.29) is 17.0 Å². The molecule has 0 bridgehead atoms. The SMILES string of the molecule is CN(C)CCO[C@@H]1CN(c2cc(=O)n(C)c3ccc(C#N)nc23)CC[C@H]1Oc1cccc(C(F)(F)F)c1. The molecule has 1 fully saturated rings. The number of aryl methyl sites for hydroxylation is 1. The number of nitriles is 1. The summed E-state index contributed by atoms with van der Waals surface area (Å²) < 4.78 is 53.3. The van der Waals surface area contributed by atoms with E-state index in [1.807, 2.05) is 30.0 Å². The van der Waals surface area contributed by atoms with Gasteiger partial charge in [-0.2, -0.15) is 18.4 Å². The number of fused-ring (bicyclic) bond motifs is 1. The van der Waals surface area contributed by atoms with E-state index in [0.29, 0.717) is 49.4 Å². The summed E-state index contributed by atoms with van der Waals surface area (Å²) in [6.07, 6.45) is -5.01. The first-order valence-electron chi connectivity index (χ1n) is 11.8. The van der Waals surface area contributed by atoms with Crippen molar-refractivity contribution >= 4 is 16.7 Å². The van der Waals surface area contributed by atoms with Crippen molar-refractivity contribution < 1.29 is 22.6 Å². The van der Waals surface area contributed by atoms with Crippen molar-refractivity contribution in [3.63, 3.8) is 0 Å². The van der Waals surface area contributed by atoms with Gasteiger partial charge in [0.1, 0.15) is 35.2 Å². The van der Waals surface area contributed by atoms with E-state index in [4.69, 9.17) is 9.47 Å². The van der Waals surface area contributed by atoms with Crippen molar-refractivity contribution in [2.75, 3.05) is 45.2 Å². The molecule has 1 aliphatic heterocycles. The number of ether oxygens (including phenoxy) is 2. The minimum absolute atomic E-state index is 0.119. The van der Waals surface area contributed by atoms with Crippen LogP contribution in [0.25, 0.3) is 11.0 Å². The molecule has 0 N–H and O–H groups in total. The number of hydrogen-bond donors (Lipinski definition) is 0. The van der Waals surface area contributed by atoms with Crippen LogP contribution in [0.4, 0.5) is 18.9 Å². The van der Waals surface area contributed by atoms with Gasteiger partial charge >= 0.3 is 6.18 Å². The van der Waals surface area contributed by atoms with Gasteiger partial charge in [0.2, 0.25) is 0 Å². The van der Waals surface area contributed by atoms with Gasteiger partial charge in [0.25, 0.3) is 5.56 Å². The van der Waals surface area contributed by atoms with E-state index in [1.54, 1.807) is 19.2 Å². The molecule has 11 heteroatoms. The Morgan fingerprint density at radius 1 is 1.19 bits per heavy atom. The van der Waals surface area contributed by atoms with E-state index in [1.165, 1.54) is 22.8 Å². The fraction of sp³-hybridized carbons (Fsp3) is 0.423. The Hall–Kier alpha value is -3.62. The average molecular weight is 516 g/mol. The van der Waals surface area contributed by atoms with Crippen molar-refractivity contribution in [3.05, 3.63) is 64.1 Å². The van der Waals surface area contributed by atoms with Gasteiger partial charge < -0.3 is 23.8 Å². The van der Waals surface area contributed by atoms with Crippen LogP contribution in [0.2, 0.25) is 0 Å². The highest BCUT2D eigenvalue weighted by Gasteiger charge is 2.34. The zero-order chi connectivity index (χ0) is 26.7. The molecule has 1 saturated heterocycles. The molecular formula is C26H28F3N5O3. The second-order valence-corrected chi connectivity index (χ2v) is 9.23. The van der Waals surface area contributed by atoms with Crippen LogP contribution in [-0.2, 0) is 18.0 Å². The smallest absolute Gasteiger partial charge is 0.416 e. The molecule has 2 aromatic heterocycles. The molecule has 0 saturated carbocycles. The fourth-order valence-electron chi connectivity index (χ4n) is 4.33. The molecule has 0 unspecified atom stereocenters. The fourth-order valence-corrected chi connectivity index (χ4v) is 4.33. The average Bonchev–Trinajstić information content (AvgIpc) is 2.86. The van der Waals surface area contributed by atoms with Gasteiger partial charge in [-0.3, -0.25) is 4.79 Å². The van der Waals surface area contributed by atoms with E-state index in [2.05, 4.69) is 4.98 Å². The zero-order valence-electron chi connectivity index (χ0n) is 20.8. The van der Waals surface area contributed by atoms with Gasteiger partial charge in [0, 0.05) is 39.2 Å². The van der Waals surface area contributed by atoms with Crippen LogP contribution in [0.15, 0.2) is 47.3 Å². The normalized spacial score (nSPS) is 18.3. The molecule has 8 nitrogen and oxygen atoms in total. The molecule has 0 aliphatic carbocycles. The number of benzene rings is 1. The Bertz CT molecular complexity index is 1370. The minimum atomic E-state index is -4.47. The standard InChI is InChI=1S/C26H28F3N5O3/c1-32(2)11-12-36-23-16-34(10-9-22(23)37-19-6-4-5-17(13-19)26(27,28)29)21-14-24(35)33(3)20-8-7-18(15-30)31-25(20)21/h4-8,13-14,22-23H,9-12,16H2,1-3H3/t22-,23-/m1/s1. The number of pyridine rings is 2. The summed E-state index contributed by atoms with van der Waals surface area (Å²) >= 11 is 0. The number of aromatic nitrogens is 2. The van der Waals surface area contributed by atoms with Crippen molar-refractivity contribution in [1.82, 2.24) is 14.5 Å². The molecule has 4 rings (SSSR count). The lowest BCUT2D eigenvalue weighted by Gasteiger charge is -2.39. The van der Waals surface area contributed by atoms with Gasteiger partial charge in [0.15, 0.2) is 0 Å². The number of likely N-dealkylation sites (N-methyl/N-ethyl adjacent to an activating group) is 1. The molecule has 2 atom stereocenters.